The second-order valence-corrected chi connectivity index (χ2v) is 4.97. The van der Waals surface area contributed by atoms with E-state index in [1.165, 1.54) is 31.0 Å². The summed E-state index contributed by atoms with van der Waals surface area (Å²) in [6.45, 7) is 0. The van der Waals surface area contributed by atoms with Crippen LogP contribution in [0.25, 0.3) is 0 Å². The van der Waals surface area contributed by atoms with E-state index in [2.05, 4.69) is 20.7 Å². The molecule has 2 N–H and O–H groups in total. The molecule has 88 valence electrons. The van der Waals surface area contributed by atoms with Crippen molar-refractivity contribution in [2.75, 3.05) is 18.6 Å². The maximum atomic E-state index is 13.2. The van der Waals surface area contributed by atoms with Gasteiger partial charge in [-0.3, -0.25) is 4.79 Å². The molecular weight excluding hydrogens is 297 g/mol. The number of rotatable bonds is 4. The number of methoxy groups -OCH3 is 1. The minimum atomic E-state index is -0.366. The molecule has 1 rings (SSSR count). The van der Waals surface area contributed by atoms with Crippen LogP contribution in [0, 0.1) is 5.82 Å². The van der Waals surface area contributed by atoms with Crippen LogP contribution in [0.1, 0.15) is 6.42 Å². The number of halogens is 2. The molecule has 0 heterocycles. The average Bonchev–Trinajstić information content (AvgIpc) is 2.25. The lowest BCUT2D eigenvalue weighted by molar-refractivity contribution is -0.140. The maximum absolute atomic E-state index is 13.2. The van der Waals surface area contributed by atoms with Crippen molar-refractivity contribution >= 4 is 39.3 Å². The molecule has 0 atom stereocenters. The highest BCUT2D eigenvalue weighted by atomic mass is 79.9. The van der Waals surface area contributed by atoms with Gasteiger partial charge in [-0.15, -0.1) is 11.8 Å². The van der Waals surface area contributed by atoms with Gasteiger partial charge in [-0.2, -0.15) is 0 Å². The number of carbonyl (C=O) groups is 1. The molecule has 16 heavy (non-hydrogen) atoms. The Bertz CT molecular complexity index is 401. The first-order valence-electron chi connectivity index (χ1n) is 4.48. The fraction of sp³-hybridized carbons (Fsp3) is 0.300. The Labute approximate surface area is 106 Å². The summed E-state index contributed by atoms with van der Waals surface area (Å²) in [4.78, 5) is 11.5. The molecular formula is C10H11BrFNO2S. The van der Waals surface area contributed by atoms with E-state index in [0.29, 0.717) is 20.8 Å². The normalized spacial score (nSPS) is 10.2. The van der Waals surface area contributed by atoms with Gasteiger partial charge in [0.25, 0.3) is 0 Å². The first-order valence-corrected chi connectivity index (χ1v) is 6.26. The number of esters is 1. The van der Waals surface area contributed by atoms with Crippen molar-refractivity contribution in [2.24, 2.45) is 0 Å². The number of hydrogen-bond donors (Lipinski definition) is 1. The van der Waals surface area contributed by atoms with Gasteiger partial charge in [0.05, 0.1) is 18.0 Å². The summed E-state index contributed by atoms with van der Waals surface area (Å²) in [5.74, 6) is -0.142. The standard InChI is InChI=1S/C10H11BrFNO2S/c1-15-10(14)2-3-16-9-5-7(12)6(11)4-8(9)13/h4-5H,2-3,13H2,1H3. The van der Waals surface area contributed by atoms with Crippen LogP contribution < -0.4 is 5.73 Å². The van der Waals surface area contributed by atoms with E-state index in [9.17, 15) is 9.18 Å². The van der Waals surface area contributed by atoms with Crippen LogP contribution >= 0.6 is 27.7 Å². The third-order valence-electron chi connectivity index (χ3n) is 1.84. The van der Waals surface area contributed by atoms with Gasteiger partial charge in [-0.1, -0.05) is 0 Å². The van der Waals surface area contributed by atoms with Gasteiger partial charge in [-0.25, -0.2) is 4.39 Å². The number of anilines is 1. The van der Waals surface area contributed by atoms with Crippen molar-refractivity contribution in [1.82, 2.24) is 0 Å². The largest absolute Gasteiger partial charge is 0.469 e. The third kappa shape index (κ3) is 3.68. The Morgan fingerprint density at radius 3 is 2.94 bits per heavy atom. The highest BCUT2D eigenvalue weighted by molar-refractivity contribution is 9.10. The highest BCUT2D eigenvalue weighted by Crippen LogP contribution is 2.30. The Hall–Kier alpha value is -0.750. The quantitative estimate of drug-likeness (QED) is 0.528. The van der Waals surface area contributed by atoms with Gasteiger partial charge >= 0.3 is 5.97 Å². The second-order valence-electron chi connectivity index (χ2n) is 2.98. The molecule has 1 aromatic rings. The fourth-order valence-corrected chi connectivity index (χ4v) is 2.28. The SMILES string of the molecule is COC(=O)CCSc1cc(F)c(Br)cc1N. The van der Waals surface area contributed by atoms with Crippen LogP contribution in [0.5, 0.6) is 0 Å². The van der Waals surface area contributed by atoms with E-state index in [1.807, 2.05) is 0 Å². The molecule has 0 saturated heterocycles. The van der Waals surface area contributed by atoms with Gasteiger partial charge in [0.2, 0.25) is 0 Å². The monoisotopic (exact) mass is 307 g/mol. The molecule has 0 radical (unpaired) electrons. The van der Waals surface area contributed by atoms with Crippen molar-refractivity contribution < 1.29 is 13.9 Å². The predicted octanol–water partition coefficient (Wildman–Crippen LogP) is 2.83. The second kappa shape index (κ2) is 6.10. The molecule has 0 aliphatic rings. The van der Waals surface area contributed by atoms with Crippen LogP contribution in [0.15, 0.2) is 21.5 Å². The molecule has 0 saturated carbocycles. The van der Waals surface area contributed by atoms with E-state index in [0.717, 1.165) is 0 Å². The number of ether oxygens (including phenoxy) is 1. The summed E-state index contributed by atoms with van der Waals surface area (Å²) in [7, 11) is 1.33. The zero-order valence-corrected chi connectivity index (χ0v) is 11.0. The summed E-state index contributed by atoms with van der Waals surface area (Å²) in [5, 5.41) is 0. The minimum Gasteiger partial charge on any atom is -0.469 e. The average molecular weight is 308 g/mol. The van der Waals surface area contributed by atoms with Crippen molar-refractivity contribution in [1.29, 1.82) is 0 Å². The molecule has 6 heteroatoms. The molecule has 0 amide bonds. The summed E-state index contributed by atoms with van der Waals surface area (Å²) in [6.07, 6.45) is 0.276. The number of nitrogen functional groups attached to an aromatic ring is 1. The predicted molar refractivity (Wildman–Crippen MR) is 65.9 cm³/mol. The molecule has 0 bridgehead atoms. The Morgan fingerprint density at radius 2 is 2.31 bits per heavy atom. The zero-order chi connectivity index (χ0) is 12.1. The fourth-order valence-electron chi connectivity index (χ4n) is 1.02. The van der Waals surface area contributed by atoms with Crippen LogP contribution in [0.2, 0.25) is 0 Å². The van der Waals surface area contributed by atoms with Gasteiger partial charge in [0, 0.05) is 16.3 Å². The first kappa shape index (κ1) is 13.3. The van der Waals surface area contributed by atoms with E-state index < -0.39 is 0 Å². The van der Waals surface area contributed by atoms with Crippen molar-refractivity contribution in [3.05, 3.63) is 22.4 Å². The molecule has 0 aliphatic heterocycles. The molecule has 0 unspecified atom stereocenters. The van der Waals surface area contributed by atoms with E-state index >= 15 is 0 Å². The van der Waals surface area contributed by atoms with Crippen LogP contribution in [-0.4, -0.2) is 18.8 Å². The molecule has 0 aliphatic carbocycles. The van der Waals surface area contributed by atoms with Gasteiger partial charge in [-0.05, 0) is 28.1 Å². The molecule has 0 spiro atoms. The summed E-state index contributed by atoms with van der Waals surface area (Å²) >= 11 is 4.37. The lowest BCUT2D eigenvalue weighted by Gasteiger charge is -2.06. The maximum Gasteiger partial charge on any atom is 0.306 e. The summed E-state index contributed by atoms with van der Waals surface area (Å²) in [6, 6.07) is 2.86. The van der Waals surface area contributed by atoms with Crippen LogP contribution in [-0.2, 0) is 9.53 Å². The molecule has 1 aromatic carbocycles. The molecule has 3 nitrogen and oxygen atoms in total. The minimum absolute atomic E-state index is 0.276. The summed E-state index contributed by atoms with van der Waals surface area (Å²) in [5.41, 5.74) is 6.19. The lowest BCUT2D eigenvalue weighted by Crippen LogP contribution is -2.01. The number of hydrogen-bond acceptors (Lipinski definition) is 4. The highest BCUT2D eigenvalue weighted by Gasteiger charge is 2.07. The Kier molecular flexibility index (Phi) is 5.08. The van der Waals surface area contributed by atoms with E-state index in [4.69, 9.17) is 5.73 Å². The van der Waals surface area contributed by atoms with E-state index in [-0.39, 0.29) is 18.2 Å². The smallest absolute Gasteiger partial charge is 0.306 e. The molecule has 0 aromatic heterocycles. The Balaban J connectivity index is 2.60. The van der Waals surface area contributed by atoms with Crippen molar-refractivity contribution in [3.63, 3.8) is 0 Å². The number of carbonyl (C=O) groups excluding carboxylic acids is 1. The summed E-state index contributed by atoms with van der Waals surface area (Å²) < 4.78 is 18.0. The third-order valence-corrected chi connectivity index (χ3v) is 3.52. The lowest BCUT2D eigenvalue weighted by atomic mass is 10.3. The van der Waals surface area contributed by atoms with Gasteiger partial charge in [0.1, 0.15) is 5.82 Å². The van der Waals surface area contributed by atoms with Crippen molar-refractivity contribution in [2.45, 2.75) is 11.3 Å². The number of thioether (sulfide) groups is 1. The zero-order valence-electron chi connectivity index (χ0n) is 8.63. The topological polar surface area (TPSA) is 52.3 Å². The van der Waals surface area contributed by atoms with Gasteiger partial charge in [0.15, 0.2) is 0 Å². The number of benzene rings is 1. The van der Waals surface area contributed by atoms with Crippen molar-refractivity contribution in [3.8, 4) is 0 Å². The Morgan fingerprint density at radius 1 is 1.62 bits per heavy atom. The molecule has 0 fully saturated rings. The first-order chi connectivity index (χ1) is 7.54. The van der Waals surface area contributed by atoms with Crippen LogP contribution in [0.4, 0.5) is 10.1 Å². The number of nitrogens with two attached hydrogens (primary N) is 1. The van der Waals surface area contributed by atoms with Gasteiger partial charge < -0.3 is 10.5 Å². The van der Waals surface area contributed by atoms with E-state index in [1.54, 1.807) is 0 Å². The van der Waals surface area contributed by atoms with Crippen LogP contribution in [0.3, 0.4) is 0 Å².